The van der Waals surface area contributed by atoms with Crippen LogP contribution in [0.1, 0.15) is 19.3 Å². The molecule has 1 aliphatic rings. The molecule has 1 aromatic rings. The van der Waals surface area contributed by atoms with Crippen molar-refractivity contribution in [3.63, 3.8) is 0 Å². The van der Waals surface area contributed by atoms with Crippen LogP contribution in [0.15, 0.2) is 23.1 Å². The standard InChI is InChI=1S/C12H15F2NO3S/c13-10-4-3-9(7-11(10)14)19(17,18)15-6-5-12(16)8-1-2-8/h3-4,7-8,12,15-16H,1-2,5-6H2. The third kappa shape index (κ3) is 3.71. The zero-order valence-corrected chi connectivity index (χ0v) is 11.0. The Morgan fingerprint density at radius 1 is 1.32 bits per heavy atom. The van der Waals surface area contributed by atoms with Gasteiger partial charge in [0.25, 0.3) is 0 Å². The Morgan fingerprint density at radius 3 is 2.58 bits per heavy atom. The molecule has 1 saturated carbocycles. The molecule has 19 heavy (non-hydrogen) atoms. The van der Waals surface area contributed by atoms with Gasteiger partial charge in [0, 0.05) is 6.54 Å². The average molecular weight is 291 g/mol. The molecule has 0 saturated heterocycles. The molecule has 7 heteroatoms. The number of sulfonamides is 1. The van der Waals surface area contributed by atoms with Crippen molar-refractivity contribution < 1.29 is 22.3 Å². The number of hydrogen-bond acceptors (Lipinski definition) is 3. The second-order valence-electron chi connectivity index (χ2n) is 4.67. The van der Waals surface area contributed by atoms with E-state index in [9.17, 15) is 22.3 Å². The van der Waals surface area contributed by atoms with Crippen LogP contribution >= 0.6 is 0 Å². The SMILES string of the molecule is O=S(=O)(NCCC(O)C1CC1)c1ccc(F)c(F)c1. The first-order valence-corrected chi connectivity index (χ1v) is 7.51. The van der Waals surface area contributed by atoms with E-state index in [0.29, 0.717) is 12.5 Å². The van der Waals surface area contributed by atoms with Gasteiger partial charge in [0.2, 0.25) is 10.0 Å². The van der Waals surface area contributed by atoms with Gasteiger partial charge in [0.05, 0.1) is 11.0 Å². The van der Waals surface area contributed by atoms with Crippen molar-refractivity contribution in [2.75, 3.05) is 6.54 Å². The lowest BCUT2D eigenvalue weighted by atomic mass is 10.2. The van der Waals surface area contributed by atoms with Crippen molar-refractivity contribution in [2.45, 2.75) is 30.3 Å². The van der Waals surface area contributed by atoms with Crippen molar-refractivity contribution in [3.8, 4) is 0 Å². The largest absolute Gasteiger partial charge is 0.393 e. The monoisotopic (exact) mass is 291 g/mol. The van der Waals surface area contributed by atoms with Crippen molar-refractivity contribution in [3.05, 3.63) is 29.8 Å². The summed E-state index contributed by atoms with van der Waals surface area (Å²) >= 11 is 0. The second kappa shape index (κ2) is 5.52. The van der Waals surface area contributed by atoms with Crippen molar-refractivity contribution in [1.29, 1.82) is 0 Å². The van der Waals surface area contributed by atoms with Crippen LogP contribution in [-0.4, -0.2) is 26.2 Å². The summed E-state index contributed by atoms with van der Waals surface area (Å²) in [7, 11) is -3.87. The van der Waals surface area contributed by atoms with Gasteiger partial charge < -0.3 is 5.11 Å². The highest BCUT2D eigenvalue weighted by atomic mass is 32.2. The molecule has 1 unspecified atom stereocenters. The highest BCUT2D eigenvalue weighted by Gasteiger charge is 2.29. The quantitative estimate of drug-likeness (QED) is 0.832. The average Bonchev–Trinajstić information content (AvgIpc) is 3.16. The fourth-order valence-electron chi connectivity index (χ4n) is 1.79. The molecule has 0 amide bonds. The molecule has 0 bridgehead atoms. The minimum atomic E-state index is -3.87. The Bertz CT molecular complexity index is 558. The van der Waals surface area contributed by atoms with Crippen LogP contribution < -0.4 is 4.72 Å². The van der Waals surface area contributed by atoms with E-state index in [1.807, 2.05) is 0 Å². The number of benzene rings is 1. The third-order valence-electron chi connectivity index (χ3n) is 3.10. The molecule has 1 aromatic carbocycles. The molecule has 1 aliphatic carbocycles. The van der Waals surface area contributed by atoms with Gasteiger partial charge in [-0.25, -0.2) is 21.9 Å². The summed E-state index contributed by atoms with van der Waals surface area (Å²) in [6.07, 6.45) is 1.74. The molecular formula is C12H15F2NO3S. The number of hydrogen-bond donors (Lipinski definition) is 2. The maximum absolute atomic E-state index is 13.0. The first-order chi connectivity index (χ1) is 8.90. The number of nitrogens with one attached hydrogen (secondary N) is 1. The number of aliphatic hydroxyl groups is 1. The predicted molar refractivity (Wildman–Crippen MR) is 64.9 cm³/mol. The van der Waals surface area contributed by atoms with E-state index in [4.69, 9.17) is 0 Å². The highest BCUT2D eigenvalue weighted by Crippen LogP contribution is 2.33. The molecule has 0 heterocycles. The number of halogens is 2. The molecule has 106 valence electrons. The van der Waals surface area contributed by atoms with Crippen molar-refractivity contribution in [1.82, 2.24) is 4.72 Å². The number of aliphatic hydroxyl groups excluding tert-OH is 1. The Morgan fingerprint density at radius 2 is 2.00 bits per heavy atom. The lowest BCUT2D eigenvalue weighted by molar-refractivity contribution is 0.143. The molecule has 0 aromatic heterocycles. The molecule has 1 atom stereocenters. The third-order valence-corrected chi connectivity index (χ3v) is 4.56. The minimum absolute atomic E-state index is 0.0684. The van der Waals surface area contributed by atoms with E-state index in [-0.39, 0.29) is 17.4 Å². The van der Waals surface area contributed by atoms with Crippen molar-refractivity contribution >= 4 is 10.0 Å². The minimum Gasteiger partial charge on any atom is -0.393 e. The van der Waals surface area contributed by atoms with Gasteiger partial charge >= 0.3 is 0 Å². The fraction of sp³-hybridized carbons (Fsp3) is 0.500. The van der Waals surface area contributed by atoms with E-state index in [1.54, 1.807) is 0 Å². The van der Waals surface area contributed by atoms with E-state index >= 15 is 0 Å². The Hall–Kier alpha value is -1.05. The first kappa shape index (κ1) is 14.4. The highest BCUT2D eigenvalue weighted by molar-refractivity contribution is 7.89. The molecular weight excluding hydrogens is 276 g/mol. The first-order valence-electron chi connectivity index (χ1n) is 6.03. The van der Waals surface area contributed by atoms with Crippen LogP contribution in [0.2, 0.25) is 0 Å². The zero-order chi connectivity index (χ0) is 14.0. The van der Waals surface area contributed by atoms with Gasteiger partial charge in [-0.1, -0.05) is 0 Å². The maximum Gasteiger partial charge on any atom is 0.240 e. The molecule has 0 spiro atoms. The zero-order valence-electron chi connectivity index (χ0n) is 10.1. The molecule has 1 fully saturated rings. The molecule has 2 N–H and O–H groups in total. The van der Waals surface area contributed by atoms with Gasteiger partial charge in [-0.05, 0) is 43.4 Å². The normalized spacial score (nSPS) is 17.4. The van der Waals surface area contributed by atoms with Gasteiger partial charge in [-0.15, -0.1) is 0 Å². The molecule has 4 nitrogen and oxygen atoms in total. The van der Waals surface area contributed by atoms with Gasteiger partial charge in [0.1, 0.15) is 0 Å². The van der Waals surface area contributed by atoms with Crippen LogP contribution in [0.4, 0.5) is 8.78 Å². The fourth-order valence-corrected chi connectivity index (χ4v) is 2.84. The molecule has 0 radical (unpaired) electrons. The van der Waals surface area contributed by atoms with Gasteiger partial charge in [-0.2, -0.15) is 0 Å². The summed E-state index contributed by atoms with van der Waals surface area (Å²) in [5.41, 5.74) is 0. The summed E-state index contributed by atoms with van der Waals surface area (Å²) in [6, 6.07) is 2.40. The van der Waals surface area contributed by atoms with E-state index in [2.05, 4.69) is 4.72 Å². The lowest BCUT2D eigenvalue weighted by Crippen LogP contribution is -2.28. The predicted octanol–water partition coefficient (Wildman–Crippen LogP) is 1.40. The summed E-state index contributed by atoms with van der Waals surface area (Å²) < 4.78 is 51.5. The van der Waals surface area contributed by atoms with Crippen LogP contribution in [0.25, 0.3) is 0 Å². The van der Waals surface area contributed by atoms with E-state index in [0.717, 1.165) is 25.0 Å². The Balaban J connectivity index is 1.95. The van der Waals surface area contributed by atoms with Crippen LogP contribution in [0, 0.1) is 17.6 Å². The summed E-state index contributed by atoms with van der Waals surface area (Å²) in [5, 5.41) is 9.59. The molecule has 2 rings (SSSR count). The lowest BCUT2D eigenvalue weighted by Gasteiger charge is -2.10. The summed E-state index contributed by atoms with van der Waals surface area (Å²) in [5.74, 6) is -2.03. The van der Waals surface area contributed by atoms with Crippen LogP contribution in [0.3, 0.4) is 0 Å². The number of rotatable bonds is 6. The van der Waals surface area contributed by atoms with Crippen LogP contribution in [-0.2, 0) is 10.0 Å². The Labute approximate surface area is 110 Å². The summed E-state index contributed by atoms with van der Waals surface area (Å²) in [4.78, 5) is -0.327. The van der Waals surface area contributed by atoms with Crippen LogP contribution in [0.5, 0.6) is 0 Å². The van der Waals surface area contributed by atoms with Gasteiger partial charge in [-0.3, -0.25) is 0 Å². The second-order valence-corrected chi connectivity index (χ2v) is 6.43. The Kier molecular flexibility index (Phi) is 4.17. The smallest absolute Gasteiger partial charge is 0.240 e. The summed E-state index contributed by atoms with van der Waals surface area (Å²) in [6.45, 7) is 0.0684. The maximum atomic E-state index is 13.0. The van der Waals surface area contributed by atoms with E-state index in [1.165, 1.54) is 0 Å². The molecule has 0 aliphatic heterocycles. The van der Waals surface area contributed by atoms with Gasteiger partial charge in [0.15, 0.2) is 11.6 Å². The van der Waals surface area contributed by atoms with E-state index < -0.39 is 27.8 Å². The topological polar surface area (TPSA) is 66.4 Å². The van der Waals surface area contributed by atoms with Crippen molar-refractivity contribution in [2.24, 2.45) is 5.92 Å².